The zero-order chi connectivity index (χ0) is 17.5. The third-order valence-electron chi connectivity index (χ3n) is 4.12. The van der Waals surface area contributed by atoms with Gasteiger partial charge in [-0.25, -0.2) is 4.79 Å². The molecule has 2 rings (SSSR count). The van der Waals surface area contributed by atoms with Crippen LogP contribution in [0, 0.1) is 11.8 Å². The number of rotatable bonds is 8. The van der Waals surface area contributed by atoms with Crippen LogP contribution in [0.15, 0.2) is 12.2 Å². The molecular weight excluding hydrogens is 316 g/mol. The minimum atomic E-state index is -0.498. The van der Waals surface area contributed by atoms with Crippen molar-refractivity contribution in [1.29, 1.82) is 0 Å². The molecule has 1 atom stereocenters. The van der Waals surface area contributed by atoms with Crippen molar-refractivity contribution < 1.29 is 33.3 Å². The molecule has 1 saturated carbocycles. The van der Waals surface area contributed by atoms with Crippen LogP contribution in [0.2, 0.25) is 0 Å². The molecule has 1 heterocycles. The summed E-state index contributed by atoms with van der Waals surface area (Å²) in [4.78, 5) is 35.0. The summed E-state index contributed by atoms with van der Waals surface area (Å²) in [5.41, 5.74) is 0.305. The van der Waals surface area contributed by atoms with Crippen LogP contribution >= 0.6 is 0 Å². The Kier molecular flexibility index (Phi) is 6.78. The predicted octanol–water partition coefficient (Wildman–Crippen LogP) is 1.40. The molecule has 0 aromatic heterocycles. The Labute approximate surface area is 141 Å². The zero-order valence-corrected chi connectivity index (χ0v) is 14.0. The summed E-state index contributed by atoms with van der Waals surface area (Å²) >= 11 is 0. The van der Waals surface area contributed by atoms with Gasteiger partial charge in [0.25, 0.3) is 0 Å². The average molecular weight is 340 g/mol. The zero-order valence-electron chi connectivity index (χ0n) is 14.0. The minimum absolute atomic E-state index is 0.0162. The second-order valence-corrected chi connectivity index (χ2v) is 6.22. The molecule has 0 aromatic carbocycles. The molecule has 0 bridgehead atoms. The highest BCUT2D eigenvalue weighted by Gasteiger charge is 2.33. The van der Waals surface area contributed by atoms with Gasteiger partial charge in [-0.3, -0.25) is 9.59 Å². The van der Waals surface area contributed by atoms with E-state index in [-0.39, 0.29) is 43.1 Å². The van der Waals surface area contributed by atoms with E-state index in [1.165, 1.54) is 0 Å². The van der Waals surface area contributed by atoms with Gasteiger partial charge in [-0.15, -0.1) is 0 Å². The minimum Gasteiger partial charge on any atom is -0.463 e. The predicted molar refractivity (Wildman–Crippen MR) is 82.9 cm³/mol. The smallest absolute Gasteiger partial charge is 0.333 e. The Hall–Kier alpha value is -1.89. The van der Waals surface area contributed by atoms with E-state index in [1.807, 2.05) is 0 Å². The van der Waals surface area contributed by atoms with Gasteiger partial charge in [-0.05, 0) is 32.6 Å². The molecule has 0 N–H and O–H groups in total. The third kappa shape index (κ3) is 5.96. The highest BCUT2D eigenvalue weighted by molar-refractivity contribution is 5.86. The van der Waals surface area contributed by atoms with Crippen LogP contribution < -0.4 is 0 Å². The van der Waals surface area contributed by atoms with Crippen LogP contribution in [-0.4, -0.2) is 50.4 Å². The van der Waals surface area contributed by atoms with E-state index in [0.29, 0.717) is 44.5 Å². The van der Waals surface area contributed by atoms with Gasteiger partial charge in [0.05, 0.1) is 18.4 Å². The van der Waals surface area contributed by atoms with E-state index in [2.05, 4.69) is 6.58 Å². The average Bonchev–Trinajstić information content (AvgIpc) is 3.40. The Balaban J connectivity index is 1.58. The van der Waals surface area contributed by atoms with E-state index < -0.39 is 5.97 Å². The van der Waals surface area contributed by atoms with Gasteiger partial charge in [0.1, 0.15) is 25.9 Å². The van der Waals surface area contributed by atoms with Crippen LogP contribution in [0.1, 0.15) is 32.6 Å². The summed E-state index contributed by atoms with van der Waals surface area (Å²) in [6.07, 6.45) is 2.51. The number of ether oxygens (including phenoxy) is 4. The van der Waals surface area contributed by atoms with Crippen LogP contribution in [-0.2, 0) is 33.3 Å². The molecule has 0 spiro atoms. The maximum Gasteiger partial charge on any atom is 0.333 e. The molecule has 7 nitrogen and oxygen atoms in total. The highest BCUT2D eigenvalue weighted by atomic mass is 16.6. The summed E-state index contributed by atoms with van der Waals surface area (Å²) < 4.78 is 20.2. The van der Waals surface area contributed by atoms with Crippen molar-refractivity contribution in [3.05, 3.63) is 12.2 Å². The SMILES string of the molecule is C=C(C)C(=O)OCCOC(=O)C1CCC(C(=O)OCC2CO2)CC1. The van der Waals surface area contributed by atoms with Crippen molar-refractivity contribution in [1.82, 2.24) is 0 Å². The van der Waals surface area contributed by atoms with Gasteiger partial charge in [-0.1, -0.05) is 6.58 Å². The summed E-state index contributed by atoms with van der Waals surface area (Å²) in [5.74, 6) is -1.37. The molecule has 2 aliphatic rings. The highest BCUT2D eigenvalue weighted by Crippen LogP contribution is 2.30. The lowest BCUT2D eigenvalue weighted by Crippen LogP contribution is -2.29. The Morgan fingerprint density at radius 3 is 1.96 bits per heavy atom. The second-order valence-electron chi connectivity index (χ2n) is 6.22. The van der Waals surface area contributed by atoms with Crippen molar-refractivity contribution in [3.63, 3.8) is 0 Å². The van der Waals surface area contributed by atoms with E-state index >= 15 is 0 Å². The standard InChI is InChI=1S/C17H24O7/c1-11(2)15(18)21-7-8-22-16(19)12-3-5-13(6-4-12)17(20)24-10-14-9-23-14/h12-14H,1,3-10H2,2H3. The first-order chi connectivity index (χ1) is 11.5. The van der Waals surface area contributed by atoms with E-state index in [4.69, 9.17) is 18.9 Å². The first-order valence-corrected chi connectivity index (χ1v) is 8.25. The maximum absolute atomic E-state index is 12.0. The van der Waals surface area contributed by atoms with Crippen molar-refractivity contribution in [2.24, 2.45) is 11.8 Å². The molecule has 1 aliphatic carbocycles. The number of epoxide rings is 1. The van der Waals surface area contributed by atoms with Crippen molar-refractivity contribution in [2.45, 2.75) is 38.7 Å². The molecule has 7 heteroatoms. The monoisotopic (exact) mass is 340 g/mol. The summed E-state index contributed by atoms with van der Waals surface area (Å²) in [6.45, 7) is 6.04. The molecule has 24 heavy (non-hydrogen) atoms. The van der Waals surface area contributed by atoms with Crippen molar-refractivity contribution >= 4 is 17.9 Å². The molecule has 2 fully saturated rings. The van der Waals surface area contributed by atoms with Gasteiger partial charge >= 0.3 is 17.9 Å². The number of hydrogen-bond donors (Lipinski definition) is 0. The topological polar surface area (TPSA) is 91.4 Å². The normalized spacial score (nSPS) is 25.5. The lowest BCUT2D eigenvalue weighted by Gasteiger charge is -2.25. The third-order valence-corrected chi connectivity index (χ3v) is 4.12. The molecule has 0 radical (unpaired) electrons. The number of hydrogen-bond acceptors (Lipinski definition) is 7. The van der Waals surface area contributed by atoms with Gasteiger partial charge in [0.15, 0.2) is 0 Å². The van der Waals surface area contributed by atoms with Crippen LogP contribution in [0.3, 0.4) is 0 Å². The van der Waals surface area contributed by atoms with Crippen molar-refractivity contribution in [3.8, 4) is 0 Å². The Bertz CT molecular complexity index is 487. The molecule has 1 unspecified atom stereocenters. The Morgan fingerprint density at radius 2 is 1.46 bits per heavy atom. The molecular formula is C17H24O7. The summed E-state index contributed by atoms with van der Waals surface area (Å²) in [7, 11) is 0. The van der Waals surface area contributed by atoms with Gasteiger partial charge < -0.3 is 18.9 Å². The molecule has 0 amide bonds. The fourth-order valence-electron chi connectivity index (χ4n) is 2.54. The van der Waals surface area contributed by atoms with Crippen LogP contribution in [0.4, 0.5) is 0 Å². The number of carbonyl (C=O) groups is 3. The van der Waals surface area contributed by atoms with Crippen LogP contribution in [0.25, 0.3) is 0 Å². The van der Waals surface area contributed by atoms with Crippen LogP contribution in [0.5, 0.6) is 0 Å². The Morgan fingerprint density at radius 1 is 0.958 bits per heavy atom. The second kappa shape index (κ2) is 8.82. The van der Waals surface area contributed by atoms with E-state index in [0.717, 1.165) is 0 Å². The van der Waals surface area contributed by atoms with E-state index in [1.54, 1.807) is 6.92 Å². The lowest BCUT2D eigenvalue weighted by molar-refractivity contribution is -0.157. The number of carbonyl (C=O) groups excluding carboxylic acids is 3. The van der Waals surface area contributed by atoms with Gasteiger partial charge in [-0.2, -0.15) is 0 Å². The van der Waals surface area contributed by atoms with E-state index in [9.17, 15) is 14.4 Å². The molecule has 1 saturated heterocycles. The fourth-order valence-corrected chi connectivity index (χ4v) is 2.54. The van der Waals surface area contributed by atoms with Crippen molar-refractivity contribution in [2.75, 3.05) is 26.4 Å². The molecule has 134 valence electrons. The maximum atomic E-state index is 12.0. The molecule has 0 aromatic rings. The lowest BCUT2D eigenvalue weighted by atomic mass is 9.82. The first-order valence-electron chi connectivity index (χ1n) is 8.25. The largest absolute Gasteiger partial charge is 0.463 e. The van der Waals surface area contributed by atoms with Gasteiger partial charge in [0, 0.05) is 5.57 Å². The number of esters is 3. The summed E-state index contributed by atoms with van der Waals surface area (Å²) in [5, 5.41) is 0. The van der Waals surface area contributed by atoms with Gasteiger partial charge in [0.2, 0.25) is 0 Å². The quantitative estimate of drug-likeness (QED) is 0.217. The fraction of sp³-hybridized carbons (Fsp3) is 0.706. The molecule has 1 aliphatic heterocycles. The first kappa shape index (κ1) is 18.4. The summed E-state index contributed by atoms with van der Waals surface area (Å²) in [6, 6.07) is 0.